The number of methoxy groups -OCH3 is 1. The molecule has 0 aliphatic rings. The lowest BCUT2D eigenvalue weighted by molar-refractivity contribution is -0.134. The molecular weight excluding hydrogens is 252 g/mol. The van der Waals surface area contributed by atoms with Crippen LogP contribution in [0.2, 0.25) is 0 Å². The highest BCUT2D eigenvalue weighted by molar-refractivity contribution is 5.73. The van der Waals surface area contributed by atoms with E-state index >= 15 is 0 Å². The zero-order chi connectivity index (χ0) is 14.2. The molecule has 0 aliphatic heterocycles. The first-order valence-corrected chi connectivity index (χ1v) is 6.67. The Morgan fingerprint density at radius 1 is 0.950 bits per heavy atom. The van der Waals surface area contributed by atoms with Crippen molar-refractivity contribution in [3.8, 4) is 11.5 Å². The fourth-order valence-corrected chi connectivity index (χ4v) is 1.96. The molecule has 0 spiro atoms. The van der Waals surface area contributed by atoms with Crippen LogP contribution in [-0.4, -0.2) is 13.1 Å². The van der Waals surface area contributed by atoms with Crippen molar-refractivity contribution in [3.63, 3.8) is 0 Å². The number of rotatable bonds is 6. The molecule has 0 saturated carbocycles. The number of para-hydroxylation sites is 2. The molecule has 0 unspecified atom stereocenters. The summed E-state index contributed by atoms with van der Waals surface area (Å²) in [6.07, 6.45) is 2.05. The minimum absolute atomic E-state index is 0.231. The molecule has 0 aliphatic carbocycles. The van der Waals surface area contributed by atoms with Crippen LogP contribution in [0.3, 0.4) is 0 Å². The highest BCUT2D eigenvalue weighted by Gasteiger charge is 2.09. The molecule has 0 bridgehead atoms. The van der Waals surface area contributed by atoms with Gasteiger partial charge in [0.1, 0.15) is 0 Å². The number of aryl methyl sites for hydroxylation is 1. The van der Waals surface area contributed by atoms with E-state index in [9.17, 15) is 4.79 Å². The maximum Gasteiger partial charge on any atom is 0.311 e. The van der Waals surface area contributed by atoms with E-state index in [1.807, 2.05) is 30.3 Å². The summed E-state index contributed by atoms with van der Waals surface area (Å²) in [4.78, 5) is 11.8. The van der Waals surface area contributed by atoms with Crippen molar-refractivity contribution in [2.75, 3.05) is 7.11 Å². The molecular formula is C17H18O3. The number of hydrogen-bond acceptors (Lipinski definition) is 3. The summed E-state index contributed by atoms with van der Waals surface area (Å²) >= 11 is 0. The summed E-state index contributed by atoms with van der Waals surface area (Å²) in [6.45, 7) is 0. The van der Waals surface area contributed by atoms with E-state index in [0.717, 1.165) is 12.8 Å². The van der Waals surface area contributed by atoms with Gasteiger partial charge in [-0.25, -0.2) is 0 Å². The monoisotopic (exact) mass is 270 g/mol. The molecule has 2 rings (SSSR count). The Labute approximate surface area is 119 Å². The molecule has 2 aromatic carbocycles. The number of benzene rings is 2. The molecule has 2 aromatic rings. The average Bonchev–Trinajstić information content (AvgIpc) is 2.49. The topological polar surface area (TPSA) is 35.5 Å². The van der Waals surface area contributed by atoms with Crippen LogP contribution in [0.5, 0.6) is 11.5 Å². The Bertz CT molecular complexity index is 549. The van der Waals surface area contributed by atoms with Crippen LogP contribution in [-0.2, 0) is 11.2 Å². The Morgan fingerprint density at radius 2 is 1.60 bits per heavy atom. The maximum atomic E-state index is 11.8. The number of esters is 1. The molecule has 0 heterocycles. The van der Waals surface area contributed by atoms with Crippen molar-refractivity contribution in [2.24, 2.45) is 0 Å². The van der Waals surface area contributed by atoms with Gasteiger partial charge in [0.25, 0.3) is 0 Å². The van der Waals surface area contributed by atoms with Crippen LogP contribution in [0.1, 0.15) is 18.4 Å². The van der Waals surface area contributed by atoms with Crippen LogP contribution >= 0.6 is 0 Å². The third-order valence-corrected chi connectivity index (χ3v) is 2.98. The van der Waals surface area contributed by atoms with Crippen LogP contribution in [0.25, 0.3) is 0 Å². The SMILES string of the molecule is COc1ccccc1OC(=O)CCCc1ccccc1. The zero-order valence-electron chi connectivity index (χ0n) is 11.5. The predicted octanol–water partition coefficient (Wildman–Crippen LogP) is 3.62. The first-order chi connectivity index (χ1) is 9.79. The van der Waals surface area contributed by atoms with Crippen LogP contribution in [0, 0.1) is 0 Å². The number of carbonyl (C=O) groups is 1. The lowest BCUT2D eigenvalue weighted by Gasteiger charge is -2.08. The second-order valence-electron chi connectivity index (χ2n) is 4.46. The quantitative estimate of drug-likeness (QED) is 0.594. The van der Waals surface area contributed by atoms with Crippen molar-refractivity contribution < 1.29 is 14.3 Å². The van der Waals surface area contributed by atoms with E-state index in [1.165, 1.54) is 5.56 Å². The van der Waals surface area contributed by atoms with Crippen molar-refractivity contribution in [1.82, 2.24) is 0 Å². The van der Waals surface area contributed by atoms with Crippen LogP contribution in [0.15, 0.2) is 54.6 Å². The summed E-state index contributed by atoms with van der Waals surface area (Å²) in [5, 5.41) is 0. The van der Waals surface area contributed by atoms with Gasteiger partial charge in [0.2, 0.25) is 0 Å². The number of carbonyl (C=O) groups excluding carboxylic acids is 1. The van der Waals surface area contributed by atoms with Gasteiger partial charge in [-0.15, -0.1) is 0 Å². The van der Waals surface area contributed by atoms with Crippen LogP contribution in [0.4, 0.5) is 0 Å². The lowest BCUT2D eigenvalue weighted by Crippen LogP contribution is -2.08. The molecule has 3 nitrogen and oxygen atoms in total. The van der Waals surface area contributed by atoms with E-state index in [2.05, 4.69) is 12.1 Å². The maximum absolute atomic E-state index is 11.8. The van der Waals surface area contributed by atoms with Gasteiger partial charge in [-0.3, -0.25) is 4.79 Å². The Balaban J connectivity index is 1.81. The molecule has 20 heavy (non-hydrogen) atoms. The van der Waals surface area contributed by atoms with Gasteiger partial charge in [0, 0.05) is 6.42 Å². The van der Waals surface area contributed by atoms with Gasteiger partial charge in [-0.2, -0.15) is 0 Å². The summed E-state index contributed by atoms with van der Waals surface area (Å²) in [7, 11) is 1.56. The van der Waals surface area contributed by atoms with Gasteiger partial charge < -0.3 is 9.47 Å². The van der Waals surface area contributed by atoms with Gasteiger partial charge >= 0.3 is 5.97 Å². The predicted molar refractivity (Wildman–Crippen MR) is 78.0 cm³/mol. The average molecular weight is 270 g/mol. The fourth-order valence-electron chi connectivity index (χ4n) is 1.96. The Kier molecular flexibility index (Phi) is 5.18. The highest BCUT2D eigenvalue weighted by atomic mass is 16.6. The second kappa shape index (κ2) is 7.34. The van der Waals surface area contributed by atoms with E-state index in [4.69, 9.17) is 9.47 Å². The van der Waals surface area contributed by atoms with Crippen LogP contribution < -0.4 is 9.47 Å². The van der Waals surface area contributed by atoms with E-state index in [0.29, 0.717) is 17.9 Å². The van der Waals surface area contributed by atoms with Crippen molar-refractivity contribution in [3.05, 3.63) is 60.2 Å². The van der Waals surface area contributed by atoms with Crippen molar-refractivity contribution in [1.29, 1.82) is 0 Å². The molecule has 3 heteroatoms. The molecule has 0 saturated heterocycles. The van der Waals surface area contributed by atoms with Crippen molar-refractivity contribution in [2.45, 2.75) is 19.3 Å². The molecule has 0 radical (unpaired) electrons. The smallest absolute Gasteiger partial charge is 0.311 e. The number of ether oxygens (including phenoxy) is 2. The second-order valence-corrected chi connectivity index (χ2v) is 4.46. The molecule has 104 valence electrons. The molecule has 0 atom stereocenters. The first kappa shape index (κ1) is 14.1. The van der Waals surface area contributed by atoms with E-state index < -0.39 is 0 Å². The van der Waals surface area contributed by atoms with Crippen molar-refractivity contribution >= 4 is 5.97 Å². The lowest BCUT2D eigenvalue weighted by atomic mass is 10.1. The normalized spacial score (nSPS) is 10.1. The third kappa shape index (κ3) is 4.12. The van der Waals surface area contributed by atoms with E-state index in [1.54, 1.807) is 19.2 Å². The molecule has 0 fully saturated rings. The first-order valence-electron chi connectivity index (χ1n) is 6.67. The number of hydrogen-bond donors (Lipinski definition) is 0. The van der Waals surface area contributed by atoms with Gasteiger partial charge in [0.05, 0.1) is 7.11 Å². The fraction of sp³-hybridized carbons (Fsp3) is 0.235. The molecule has 0 aromatic heterocycles. The Morgan fingerprint density at radius 3 is 2.30 bits per heavy atom. The highest BCUT2D eigenvalue weighted by Crippen LogP contribution is 2.26. The van der Waals surface area contributed by atoms with Gasteiger partial charge in [-0.05, 0) is 30.5 Å². The van der Waals surface area contributed by atoms with Gasteiger partial charge in [0.15, 0.2) is 11.5 Å². The minimum atomic E-state index is -0.231. The molecule has 0 N–H and O–H groups in total. The standard InChI is InChI=1S/C17H18O3/c1-19-15-11-5-6-12-16(15)20-17(18)13-7-10-14-8-3-2-4-9-14/h2-6,8-9,11-12H,7,10,13H2,1H3. The van der Waals surface area contributed by atoms with Gasteiger partial charge in [-0.1, -0.05) is 42.5 Å². The third-order valence-electron chi connectivity index (χ3n) is 2.98. The van der Waals surface area contributed by atoms with E-state index in [-0.39, 0.29) is 5.97 Å². The Hall–Kier alpha value is -2.29. The summed E-state index contributed by atoms with van der Waals surface area (Å²) in [6, 6.07) is 17.3. The summed E-state index contributed by atoms with van der Waals surface area (Å²) in [5.74, 6) is 0.814. The molecule has 0 amide bonds. The minimum Gasteiger partial charge on any atom is -0.493 e. The summed E-state index contributed by atoms with van der Waals surface area (Å²) < 4.78 is 10.5. The largest absolute Gasteiger partial charge is 0.493 e. The summed E-state index contributed by atoms with van der Waals surface area (Å²) in [5.41, 5.74) is 1.23. The zero-order valence-corrected chi connectivity index (χ0v) is 11.5.